The van der Waals surface area contributed by atoms with Gasteiger partial charge in [-0.15, -0.1) is 0 Å². The maximum atomic E-state index is 12.7. The number of piperidine rings is 1. The highest BCUT2D eigenvalue weighted by atomic mass is 16.5. The number of para-hydroxylation sites is 1. The van der Waals surface area contributed by atoms with E-state index in [9.17, 15) is 4.79 Å². The predicted molar refractivity (Wildman–Crippen MR) is 173 cm³/mol. The third-order valence-electron chi connectivity index (χ3n) is 9.48. The van der Waals surface area contributed by atoms with Gasteiger partial charge in [-0.2, -0.15) is 0 Å². The number of hydrogen-bond donors (Lipinski definition) is 2. The van der Waals surface area contributed by atoms with E-state index in [1.165, 1.54) is 29.7 Å². The summed E-state index contributed by atoms with van der Waals surface area (Å²) in [5, 5.41) is 3.80. The number of rotatable bonds is 7. The molecule has 4 aromatic rings. The lowest BCUT2D eigenvalue weighted by Crippen LogP contribution is -2.38. The number of hydrogen-bond acceptors (Lipinski definition) is 7. The molecule has 44 heavy (non-hydrogen) atoms. The van der Waals surface area contributed by atoms with Gasteiger partial charge in [0, 0.05) is 80.0 Å². The Balaban J connectivity index is 0.931. The Bertz CT molecular complexity index is 1720. The largest absolute Gasteiger partial charge is 0.456 e. The van der Waals surface area contributed by atoms with Crippen molar-refractivity contribution < 1.29 is 9.47 Å². The van der Waals surface area contributed by atoms with E-state index in [1.54, 1.807) is 6.07 Å². The molecule has 0 unspecified atom stereocenters. The molecular weight excluding hydrogens is 550 g/mol. The number of likely N-dealkylation sites (tertiary alicyclic amines) is 1. The molecule has 0 atom stereocenters. The highest BCUT2D eigenvalue weighted by molar-refractivity contribution is 5.74. The van der Waals surface area contributed by atoms with Crippen LogP contribution in [0.5, 0.6) is 11.5 Å². The Labute approximate surface area is 258 Å². The summed E-state index contributed by atoms with van der Waals surface area (Å²) >= 11 is 0. The number of H-pyrrole nitrogens is 1. The highest BCUT2D eigenvalue weighted by Gasteiger charge is 2.26. The number of benzene rings is 2. The Morgan fingerprint density at radius 1 is 0.909 bits per heavy atom. The van der Waals surface area contributed by atoms with Crippen molar-refractivity contribution in [3.63, 3.8) is 0 Å². The molecule has 8 nitrogen and oxygen atoms in total. The van der Waals surface area contributed by atoms with Crippen LogP contribution in [-0.4, -0.2) is 60.3 Å². The lowest BCUT2D eigenvalue weighted by atomic mass is 9.95. The van der Waals surface area contributed by atoms with Crippen LogP contribution in [0.25, 0.3) is 11.3 Å². The van der Waals surface area contributed by atoms with E-state index < -0.39 is 0 Å². The minimum Gasteiger partial charge on any atom is -0.456 e. The maximum Gasteiger partial charge on any atom is 0.250 e. The summed E-state index contributed by atoms with van der Waals surface area (Å²) in [6, 6.07) is 21.3. The van der Waals surface area contributed by atoms with Crippen LogP contribution >= 0.6 is 0 Å². The van der Waals surface area contributed by atoms with Crippen LogP contribution in [0.3, 0.4) is 0 Å². The summed E-state index contributed by atoms with van der Waals surface area (Å²) in [7, 11) is 0. The fourth-order valence-corrected chi connectivity index (χ4v) is 6.91. The van der Waals surface area contributed by atoms with Crippen molar-refractivity contribution in [2.75, 3.05) is 49.6 Å². The van der Waals surface area contributed by atoms with Gasteiger partial charge in [-0.05, 0) is 85.2 Å². The van der Waals surface area contributed by atoms with Gasteiger partial charge in [-0.25, -0.2) is 0 Å². The van der Waals surface area contributed by atoms with Gasteiger partial charge in [0.2, 0.25) is 5.56 Å². The molecule has 3 fully saturated rings. The van der Waals surface area contributed by atoms with Crippen LogP contribution in [0.1, 0.15) is 54.0 Å². The number of aromatic nitrogens is 2. The second-order valence-electron chi connectivity index (χ2n) is 12.7. The van der Waals surface area contributed by atoms with Crippen molar-refractivity contribution in [3.8, 4) is 22.8 Å². The van der Waals surface area contributed by atoms with E-state index in [-0.39, 0.29) is 5.56 Å². The Hall–Kier alpha value is -4.14. The summed E-state index contributed by atoms with van der Waals surface area (Å²) < 4.78 is 12.0. The molecule has 8 rings (SSSR count). The summed E-state index contributed by atoms with van der Waals surface area (Å²) in [5.41, 5.74) is 8.60. The maximum absolute atomic E-state index is 12.7. The molecule has 1 aliphatic carbocycles. The summed E-state index contributed by atoms with van der Waals surface area (Å²) in [6.07, 6.45) is 7.66. The van der Waals surface area contributed by atoms with E-state index >= 15 is 0 Å². The van der Waals surface area contributed by atoms with Gasteiger partial charge in [-0.3, -0.25) is 14.7 Å². The lowest BCUT2D eigenvalue weighted by Gasteiger charge is -2.33. The van der Waals surface area contributed by atoms with Gasteiger partial charge in [-0.1, -0.05) is 12.1 Å². The minimum atomic E-state index is -0.112. The first-order valence-corrected chi connectivity index (χ1v) is 16.1. The van der Waals surface area contributed by atoms with Gasteiger partial charge in [0.15, 0.2) is 0 Å². The van der Waals surface area contributed by atoms with Crippen molar-refractivity contribution in [1.82, 2.24) is 14.9 Å². The number of morpholine rings is 1. The molecule has 0 radical (unpaired) electrons. The molecule has 5 heterocycles. The van der Waals surface area contributed by atoms with Crippen LogP contribution in [0.4, 0.5) is 11.4 Å². The van der Waals surface area contributed by atoms with Crippen LogP contribution in [0, 0.1) is 0 Å². The van der Waals surface area contributed by atoms with E-state index in [1.807, 2.05) is 12.3 Å². The van der Waals surface area contributed by atoms with Gasteiger partial charge >= 0.3 is 0 Å². The first kappa shape index (κ1) is 27.4. The number of ether oxygens (including phenoxy) is 2. The third kappa shape index (κ3) is 5.84. The smallest absolute Gasteiger partial charge is 0.250 e. The topological polar surface area (TPSA) is 82.7 Å². The third-order valence-corrected chi connectivity index (χ3v) is 9.48. The summed E-state index contributed by atoms with van der Waals surface area (Å²) in [6.45, 7) is 5.99. The molecule has 0 bridgehead atoms. The summed E-state index contributed by atoms with van der Waals surface area (Å²) in [4.78, 5) is 25.1. The molecule has 0 amide bonds. The van der Waals surface area contributed by atoms with E-state index in [0.29, 0.717) is 19.3 Å². The molecule has 2 N–H and O–H groups in total. The molecule has 2 saturated heterocycles. The number of anilines is 2. The molecule has 2 aromatic carbocycles. The molecule has 0 spiro atoms. The molecule has 2 aromatic heterocycles. The fraction of sp³-hybridized carbons (Fsp3) is 0.389. The second kappa shape index (κ2) is 11.7. The Morgan fingerprint density at radius 2 is 1.77 bits per heavy atom. The lowest BCUT2D eigenvalue weighted by molar-refractivity contribution is 0.122. The van der Waals surface area contributed by atoms with Crippen molar-refractivity contribution in [1.29, 1.82) is 0 Å². The van der Waals surface area contributed by atoms with Crippen molar-refractivity contribution >= 4 is 11.4 Å². The molecule has 226 valence electrons. The molecule has 3 aliphatic heterocycles. The zero-order valence-electron chi connectivity index (χ0n) is 25.1. The van der Waals surface area contributed by atoms with Crippen LogP contribution < -0.4 is 20.5 Å². The van der Waals surface area contributed by atoms with E-state index in [2.05, 4.69) is 73.6 Å². The Morgan fingerprint density at radius 3 is 2.61 bits per heavy atom. The zero-order chi connectivity index (χ0) is 29.5. The number of nitrogens with zero attached hydrogens (tertiary/aromatic N) is 3. The van der Waals surface area contributed by atoms with Crippen LogP contribution in [0.2, 0.25) is 0 Å². The minimum absolute atomic E-state index is 0.112. The number of nitrogens with one attached hydrogen (secondary N) is 2. The van der Waals surface area contributed by atoms with Crippen LogP contribution in [-0.2, 0) is 17.7 Å². The number of fused-ring (bicyclic) bond motifs is 2. The standard InChI is InChI=1S/C36H39N5O3/c42-35-22-31(41-14-16-43-17-15-41)21-33(39-35)32-3-1-2-26-18-27-20-29(6-7-34(27)44-36(26)32)38-28-9-12-40(13-10-28)23-30-19-25(8-11-37-30)24-4-5-24/h1-3,6-8,11,19-22,24,28,38H,4-5,9-10,12-18,23H2,(H,39,42). The van der Waals surface area contributed by atoms with E-state index in [0.717, 1.165) is 97.6 Å². The van der Waals surface area contributed by atoms with Gasteiger partial charge in [0.05, 0.1) is 24.6 Å². The molecule has 4 aliphatic rings. The highest BCUT2D eigenvalue weighted by Crippen LogP contribution is 2.43. The second-order valence-corrected chi connectivity index (χ2v) is 12.7. The SMILES string of the molecule is O=c1cc(N2CCOCC2)cc(-c2cccc3c2Oc2ccc(NC4CCN(Cc5cc(C6CC6)ccn5)CC4)cc2C3)[nH]1. The normalized spacial score (nSPS) is 18.8. The van der Waals surface area contributed by atoms with E-state index in [4.69, 9.17) is 9.47 Å². The monoisotopic (exact) mass is 589 g/mol. The zero-order valence-corrected chi connectivity index (χ0v) is 25.1. The van der Waals surface area contributed by atoms with Crippen molar-refractivity contribution in [2.24, 2.45) is 0 Å². The van der Waals surface area contributed by atoms with Crippen molar-refractivity contribution in [3.05, 3.63) is 99.6 Å². The average Bonchev–Trinajstić information content (AvgIpc) is 3.91. The first-order chi connectivity index (χ1) is 21.6. The predicted octanol–water partition coefficient (Wildman–Crippen LogP) is 5.92. The number of aromatic amines is 1. The summed E-state index contributed by atoms with van der Waals surface area (Å²) in [5.74, 6) is 2.46. The van der Waals surface area contributed by atoms with Gasteiger partial charge in [0.1, 0.15) is 11.5 Å². The average molecular weight is 590 g/mol. The van der Waals surface area contributed by atoms with Crippen molar-refractivity contribution in [2.45, 2.75) is 50.6 Å². The van der Waals surface area contributed by atoms with Crippen LogP contribution in [0.15, 0.2) is 71.7 Å². The number of pyridine rings is 2. The van der Waals surface area contributed by atoms with Gasteiger partial charge in [0.25, 0.3) is 0 Å². The Kier molecular flexibility index (Phi) is 7.32. The fourth-order valence-electron chi connectivity index (χ4n) is 6.91. The molecular formula is C36H39N5O3. The van der Waals surface area contributed by atoms with Gasteiger partial charge < -0.3 is 24.7 Å². The molecule has 1 saturated carbocycles. The molecule has 8 heteroatoms. The first-order valence-electron chi connectivity index (χ1n) is 16.1. The quantitative estimate of drug-likeness (QED) is 0.244.